The molecule has 4 nitrogen and oxygen atoms in total. The summed E-state index contributed by atoms with van der Waals surface area (Å²) in [5.74, 6) is 1.78. The van der Waals surface area contributed by atoms with Crippen LogP contribution in [0.2, 0.25) is 0 Å². The molecule has 2 heterocycles. The zero-order valence-electron chi connectivity index (χ0n) is 12.2. The Labute approximate surface area is 116 Å². The number of anilines is 1. The fourth-order valence-corrected chi connectivity index (χ4v) is 2.82. The molecule has 2 N–H and O–H groups in total. The Kier molecular flexibility index (Phi) is 5.14. The molecule has 0 radical (unpaired) electrons. The van der Waals surface area contributed by atoms with Gasteiger partial charge in [-0.05, 0) is 37.7 Å². The average molecular weight is 262 g/mol. The van der Waals surface area contributed by atoms with E-state index in [-0.39, 0.29) is 6.04 Å². The van der Waals surface area contributed by atoms with Gasteiger partial charge in [-0.15, -0.1) is 0 Å². The van der Waals surface area contributed by atoms with Gasteiger partial charge in [0.25, 0.3) is 0 Å². The lowest BCUT2D eigenvalue weighted by molar-refractivity contribution is 0.376. The Morgan fingerprint density at radius 1 is 1.32 bits per heavy atom. The lowest BCUT2D eigenvalue weighted by Gasteiger charge is -2.31. The van der Waals surface area contributed by atoms with Gasteiger partial charge in [-0.1, -0.05) is 19.8 Å². The van der Waals surface area contributed by atoms with Crippen LogP contribution in [0.4, 0.5) is 5.95 Å². The molecule has 1 saturated heterocycles. The van der Waals surface area contributed by atoms with Gasteiger partial charge in [0, 0.05) is 31.5 Å². The SMILES string of the molecule is CCCC1CCN(c2ncc(CC(C)N)cn2)CC1. The molecular formula is C15H26N4. The van der Waals surface area contributed by atoms with Crippen LogP contribution in [-0.4, -0.2) is 29.1 Å². The highest BCUT2D eigenvalue weighted by atomic mass is 15.2. The van der Waals surface area contributed by atoms with Gasteiger partial charge in [0.05, 0.1) is 0 Å². The summed E-state index contributed by atoms with van der Waals surface area (Å²) in [7, 11) is 0. The van der Waals surface area contributed by atoms with Crippen molar-refractivity contribution < 1.29 is 0 Å². The molecule has 0 aliphatic carbocycles. The standard InChI is InChI=1S/C15H26N4/c1-3-4-13-5-7-19(8-6-13)15-17-10-14(11-18-15)9-12(2)16/h10-13H,3-9,16H2,1-2H3. The van der Waals surface area contributed by atoms with Crippen molar-refractivity contribution in [1.29, 1.82) is 0 Å². The van der Waals surface area contributed by atoms with E-state index in [2.05, 4.69) is 21.8 Å². The number of aromatic nitrogens is 2. The van der Waals surface area contributed by atoms with Crippen molar-refractivity contribution in [3.8, 4) is 0 Å². The number of nitrogens with zero attached hydrogens (tertiary/aromatic N) is 3. The van der Waals surface area contributed by atoms with E-state index in [1.165, 1.54) is 25.7 Å². The Hall–Kier alpha value is -1.16. The van der Waals surface area contributed by atoms with Gasteiger partial charge in [0.15, 0.2) is 0 Å². The number of piperidine rings is 1. The van der Waals surface area contributed by atoms with Crippen LogP contribution in [0.1, 0.15) is 45.1 Å². The van der Waals surface area contributed by atoms with Crippen LogP contribution >= 0.6 is 0 Å². The molecule has 1 aliphatic rings. The van der Waals surface area contributed by atoms with Crippen molar-refractivity contribution in [3.05, 3.63) is 18.0 Å². The molecule has 0 spiro atoms. The molecule has 2 rings (SSSR count). The molecule has 1 aromatic rings. The molecule has 1 unspecified atom stereocenters. The van der Waals surface area contributed by atoms with Crippen LogP contribution in [0.25, 0.3) is 0 Å². The quantitative estimate of drug-likeness (QED) is 0.885. The van der Waals surface area contributed by atoms with Crippen LogP contribution in [0.15, 0.2) is 12.4 Å². The van der Waals surface area contributed by atoms with Crippen LogP contribution in [0.3, 0.4) is 0 Å². The van der Waals surface area contributed by atoms with Crippen molar-refractivity contribution in [1.82, 2.24) is 9.97 Å². The topological polar surface area (TPSA) is 55.0 Å². The molecule has 1 aromatic heterocycles. The van der Waals surface area contributed by atoms with E-state index >= 15 is 0 Å². The van der Waals surface area contributed by atoms with Gasteiger partial charge in [0.1, 0.15) is 0 Å². The summed E-state index contributed by atoms with van der Waals surface area (Å²) < 4.78 is 0. The maximum atomic E-state index is 5.78. The van der Waals surface area contributed by atoms with Gasteiger partial charge in [-0.2, -0.15) is 0 Å². The Balaban J connectivity index is 1.89. The minimum Gasteiger partial charge on any atom is -0.341 e. The lowest BCUT2D eigenvalue weighted by Crippen LogP contribution is -2.34. The second-order valence-electron chi connectivity index (χ2n) is 5.79. The normalized spacial score (nSPS) is 18.6. The van der Waals surface area contributed by atoms with Crippen LogP contribution < -0.4 is 10.6 Å². The molecule has 1 atom stereocenters. The summed E-state index contributed by atoms with van der Waals surface area (Å²) in [6, 6.07) is 0.166. The second kappa shape index (κ2) is 6.85. The molecular weight excluding hydrogens is 236 g/mol. The number of hydrogen-bond acceptors (Lipinski definition) is 4. The second-order valence-corrected chi connectivity index (χ2v) is 5.79. The van der Waals surface area contributed by atoms with E-state index in [0.29, 0.717) is 0 Å². The molecule has 106 valence electrons. The summed E-state index contributed by atoms with van der Waals surface area (Å²) in [6.45, 7) is 6.47. The number of nitrogens with two attached hydrogens (primary N) is 1. The van der Waals surface area contributed by atoms with E-state index in [0.717, 1.165) is 36.9 Å². The molecule has 1 aliphatic heterocycles. The number of hydrogen-bond donors (Lipinski definition) is 1. The molecule has 19 heavy (non-hydrogen) atoms. The highest BCUT2D eigenvalue weighted by Gasteiger charge is 2.20. The predicted octanol–water partition coefficient (Wildman–Crippen LogP) is 2.38. The Morgan fingerprint density at radius 3 is 2.47 bits per heavy atom. The summed E-state index contributed by atoms with van der Waals surface area (Å²) in [6.07, 6.45) is 9.90. The molecule has 0 aromatic carbocycles. The molecule has 1 fully saturated rings. The fraction of sp³-hybridized carbons (Fsp3) is 0.733. The third kappa shape index (κ3) is 4.16. The highest BCUT2D eigenvalue weighted by molar-refractivity contribution is 5.30. The maximum absolute atomic E-state index is 5.78. The van der Waals surface area contributed by atoms with Gasteiger partial charge in [0.2, 0.25) is 5.95 Å². The van der Waals surface area contributed by atoms with Gasteiger partial charge in [-0.3, -0.25) is 0 Å². The minimum atomic E-state index is 0.166. The van der Waals surface area contributed by atoms with E-state index < -0.39 is 0 Å². The predicted molar refractivity (Wildman–Crippen MR) is 79.2 cm³/mol. The fourth-order valence-electron chi connectivity index (χ4n) is 2.82. The molecule has 4 heteroatoms. The van der Waals surface area contributed by atoms with Gasteiger partial charge >= 0.3 is 0 Å². The first-order valence-electron chi connectivity index (χ1n) is 7.50. The van der Waals surface area contributed by atoms with Crippen LogP contribution in [0.5, 0.6) is 0 Å². The van der Waals surface area contributed by atoms with E-state index in [4.69, 9.17) is 5.73 Å². The Morgan fingerprint density at radius 2 is 1.95 bits per heavy atom. The zero-order chi connectivity index (χ0) is 13.7. The maximum Gasteiger partial charge on any atom is 0.225 e. The third-order valence-corrected chi connectivity index (χ3v) is 3.84. The first-order valence-corrected chi connectivity index (χ1v) is 7.50. The van der Waals surface area contributed by atoms with Crippen molar-refractivity contribution in [3.63, 3.8) is 0 Å². The summed E-state index contributed by atoms with van der Waals surface area (Å²) in [4.78, 5) is 11.3. The van der Waals surface area contributed by atoms with Crippen molar-refractivity contribution in [2.45, 2.75) is 52.0 Å². The van der Waals surface area contributed by atoms with Gasteiger partial charge in [-0.25, -0.2) is 9.97 Å². The largest absolute Gasteiger partial charge is 0.341 e. The lowest BCUT2D eigenvalue weighted by atomic mass is 9.93. The monoisotopic (exact) mass is 262 g/mol. The average Bonchev–Trinajstić information content (AvgIpc) is 2.40. The highest BCUT2D eigenvalue weighted by Crippen LogP contribution is 2.23. The van der Waals surface area contributed by atoms with Crippen LogP contribution in [0, 0.1) is 5.92 Å². The van der Waals surface area contributed by atoms with Crippen molar-refractivity contribution >= 4 is 5.95 Å². The third-order valence-electron chi connectivity index (χ3n) is 3.84. The van der Waals surface area contributed by atoms with Gasteiger partial charge < -0.3 is 10.6 Å². The zero-order valence-corrected chi connectivity index (χ0v) is 12.2. The summed E-state index contributed by atoms with van der Waals surface area (Å²) >= 11 is 0. The minimum absolute atomic E-state index is 0.166. The summed E-state index contributed by atoms with van der Waals surface area (Å²) in [5.41, 5.74) is 6.91. The smallest absolute Gasteiger partial charge is 0.225 e. The molecule has 0 amide bonds. The molecule has 0 bridgehead atoms. The molecule has 0 saturated carbocycles. The first kappa shape index (κ1) is 14.3. The van der Waals surface area contributed by atoms with Crippen molar-refractivity contribution in [2.75, 3.05) is 18.0 Å². The first-order chi connectivity index (χ1) is 9.19. The van der Waals surface area contributed by atoms with E-state index in [1.807, 2.05) is 19.3 Å². The summed E-state index contributed by atoms with van der Waals surface area (Å²) in [5, 5.41) is 0. The number of rotatable bonds is 5. The van der Waals surface area contributed by atoms with E-state index in [9.17, 15) is 0 Å². The van der Waals surface area contributed by atoms with Crippen molar-refractivity contribution in [2.24, 2.45) is 11.7 Å². The Bertz CT molecular complexity index is 366. The van der Waals surface area contributed by atoms with E-state index in [1.54, 1.807) is 0 Å². The van der Waals surface area contributed by atoms with Crippen LogP contribution in [-0.2, 0) is 6.42 Å².